The Labute approximate surface area is 153 Å². The van der Waals surface area contributed by atoms with Crippen LogP contribution in [0.5, 0.6) is 0 Å². The van der Waals surface area contributed by atoms with Crippen LogP contribution in [0.3, 0.4) is 0 Å². The van der Waals surface area contributed by atoms with Gasteiger partial charge in [-0.2, -0.15) is 0 Å². The Kier molecular flexibility index (Phi) is 34.1. The predicted molar refractivity (Wildman–Crippen MR) is 81.7 cm³/mol. The molecule has 0 aromatic carbocycles. The van der Waals surface area contributed by atoms with E-state index in [0.717, 1.165) is 20.8 Å². The van der Waals surface area contributed by atoms with Crippen molar-refractivity contribution in [2.24, 2.45) is 0 Å². The third-order valence-electron chi connectivity index (χ3n) is 1.93. The molecular formula is C15H28O7Sn. The van der Waals surface area contributed by atoms with Gasteiger partial charge in [-0.1, -0.05) is 0 Å². The van der Waals surface area contributed by atoms with Gasteiger partial charge in [0.2, 0.25) is 0 Å². The second-order valence-electron chi connectivity index (χ2n) is 4.50. The number of carboxylic acids is 3. The standard InChI is InChI=1S/C9H19O.3C2H4O2.Sn/c1-3-5-7-9(10)8-6-4-2;3*1-2(3)4;/h9H,3-8H2,1-2H3;3*1H3,(H,3,4);/q-1;;;;+4/p-3. The molecule has 134 valence electrons. The number of carbonyl (C=O) groups excluding carboxylic acids is 3. The van der Waals surface area contributed by atoms with Crippen molar-refractivity contribution in [2.75, 3.05) is 0 Å². The predicted octanol–water partition coefficient (Wildman–Crippen LogP) is -0.896. The number of carboxylic acid groups (broad SMARTS) is 3. The summed E-state index contributed by atoms with van der Waals surface area (Å²) in [6.45, 7) is 7.39. The molecule has 0 saturated carbocycles. The fourth-order valence-corrected chi connectivity index (χ4v) is 1.80. The SMILES string of the molecule is CC(=O)[O-].CC(=O)[O-].CC(=O)[O-].CCCCC(CCCC)[O][Sn+3]. The molecular weight excluding hydrogens is 411 g/mol. The van der Waals surface area contributed by atoms with E-state index in [1.165, 1.54) is 61.5 Å². The van der Waals surface area contributed by atoms with Crippen molar-refractivity contribution in [3.63, 3.8) is 0 Å². The van der Waals surface area contributed by atoms with Crippen molar-refractivity contribution < 1.29 is 32.8 Å². The number of hydrogen-bond acceptors (Lipinski definition) is 7. The first-order valence-corrected chi connectivity index (χ1v) is 8.56. The van der Waals surface area contributed by atoms with Crippen LogP contribution in [0.1, 0.15) is 73.1 Å². The van der Waals surface area contributed by atoms with Crippen LogP contribution in [0.4, 0.5) is 0 Å². The molecule has 0 N–H and O–H groups in total. The first-order chi connectivity index (χ1) is 10.5. The van der Waals surface area contributed by atoms with E-state index in [1.807, 2.05) is 0 Å². The molecule has 0 radical (unpaired) electrons. The molecule has 0 aliphatic carbocycles. The summed E-state index contributed by atoms with van der Waals surface area (Å²) in [6, 6.07) is 0. The number of unbranched alkanes of at least 4 members (excludes halogenated alkanes) is 2. The molecule has 0 aliphatic heterocycles. The summed E-state index contributed by atoms with van der Waals surface area (Å²) in [4.78, 5) is 26.7. The van der Waals surface area contributed by atoms with Crippen molar-refractivity contribution in [2.45, 2.75) is 79.2 Å². The molecule has 0 saturated heterocycles. The Balaban J connectivity index is -0.000000124. The van der Waals surface area contributed by atoms with Gasteiger partial charge in [0.1, 0.15) is 0 Å². The van der Waals surface area contributed by atoms with Gasteiger partial charge in [0, 0.05) is 17.9 Å². The Morgan fingerprint density at radius 2 is 1.04 bits per heavy atom. The first kappa shape index (κ1) is 30.1. The van der Waals surface area contributed by atoms with Crippen molar-refractivity contribution in [3.8, 4) is 0 Å². The quantitative estimate of drug-likeness (QED) is 0.471. The van der Waals surface area contributed by atoms with Crippen molar-refractivity contribution in [1.29, 1.82) is 0 Å². The van der Waals surface area contributed by atoms with Gasteiger partial charge in [0.15, 0.2) is 0 Å². The zero-order valence-electron chi connectivity index (χ0n) is 14.7. The minimum atomic E-state index is -1.08. The third kappa shape index (κ3) is 92.5. The molecule has 8 heteroatoms. The second-order valence-corrected chi connectivity index (χ2v) is 5.17. The number of rotatable bonds is 7. The molecule has 0 aromatic rings. The van der Waals surface area contributed by atoms with Crippen LogP contribution in [-0.2, 0) is 17.5 Å². The normalized spacial score (nSPS) is 8.52. The number of carbonyl (C=O) groups is 3. The maximum atomic E-state index is 8.89. The van der Waals surface area contributed by atoms with Crippen LogP contribution < -0.4 is 15.3 Å². The van der Waals surface area contributed by atoms with E-state index in [2.05, 4.69) is 13.8 Å². The van der Waals surface area contributed by atoms with E-state index in [-0.39, 0.29) is 0 Å². The van der Waals surface area contributed by atoms with E-state index in [4.69, 9.17) is 32.8 Å². The van der Waals surface area contributed by atoms with Crippen molar-refractivity contribution >= 4 is 40.8 Å². The van der Waals surface area contributed by atoms with Crippen LogP contribution in [0.15, 0.2) is 0 Å². The van der Waals surface area contributed by atoms with Gasteiger partial charge in [-0.05, 0) is 20.8 Å². The molecule has 0 unspecified atom stereocenters. The summed E-state index contributed by atoms with van der Waals surface area (Å²) in [6.07, 6.45) is 8.33. The summed E-state index contributed by atoms with van der Waals surface area (Å²) in [7, 11) is 0. The van der Waals surface area contributed by atoms with Gasteiger partial charge >= 0.3 is 84.5 Å². The maximum absolute atomic E-state index is 8.89. The molecule has 23 heavy (non-hydrogen) atoms. The van der Waals surface area contributed by atoms with Gasteiger partial charge in [-0.15, -0.1) is 0 Å². The molecule has 7 nitrogen and oxygen atoms in total. The van der Waals surface area contributed by atoms with Crippen molar-refractivity contribution in [3.05, 3.63) is 0 Å². The van der Waals surface area contributed by atoms with Gasteiger partial charge in [0.05, 0.1) is 0 Å². The minimum absolute atomic E-state index is 0.563. The first-order valence-electron chi connectivity index (χ1n) is 7.40. The summed E-state index contributed by atoms with van der Waals surface area (Å²) in [5, 5.41) is 26.7. The monoisotopic (exact) mass is 440 g/mol. The van der Waals surface area contributed by atoms with Crippen LogP contribution in [0, 0.1) is 0 Å². The molecule has 0 rings (SSSR count). The molecule has 0 heterocycles. The molecule has 0 spiro atoms. The summed E-state index contributed by atoms with van der Waals surface area (Å²) in [5.74, 6) is -3.25. The van der Waals surface area contributed by atoms with E-state index in [0.29, 0.717) is 6.10 Å². The summed E-state index contributed by atoms with van der Waals surface area (Å²) >= 11 is 1.23. The van der Waals surface area contributed by atoms with E-state index in [1.54, 1.807) is 0 Å². The van der Waals surface area contributed by atoms with E-state index >= 15 is 0 Å². The van der Waals surface area contributed by atoms with Crippen LogP contribution in [0.25, 0.3) is 0 Å². The van der Waals surface area contributed by atoms with Crippen LogP contribution in [0.2, 0.25) is 0 Å². The average Bonchev–Trinajstić information content (AvgIpc) is 2.37. The van der Waals surface area contributed by atoms with Gasteiger partial charge in [0.25, 0.3) is 0 Å². The Hall–Kier alpha value is -0.831. The Morgan fingerprint density at radius 1 is 0.826 bits per heavy atom. The fraction of sp³-hybridized carbons (Fsp3) is 0.800. The number of aliphatic carboxylic acids is 3. The molecule has 0 aliphatic rings. The summed E-state index contributed by atoms with van der Waals surface area (Å²) in [5.41, 5.74) is 0. The number of hydrogen-bond donors (Lipinski definition) is 0. The molecule has 0 atom stereocenters. The Bertz CT molecular complexity index is 234. The van der Waals surface area contributed by atoms with Crippen molar-refractivity contribution in [1.82, 2.24) is 0 Å². The molecule has 0 bridgehead atoms. The average molecular weight is 439 g/mol. The zero-order valence-corrected chi connectivity index (χ0v) is 17.5. The van der Waals surface area contributed by atoms with E-state index in [9.17, 15) is 0 Å². The van der Waals surface area contributed by atoms with Crippen LogP contribution in [-0.4, -0.2) is 47.0 Å². The van der Waals surface area contributed by atoms with Gasteiger partial charge < -0.3 is 29.7 Å². The fourth-order valence-electron chi connectivity index (χ4n) is 1.13. The second kappa shape index (κ2) is 26.1. The molecule has 0 aromatic heterocycles. The summed E-state index contributed by atoms with van der Waals surface area (Å²) < 4.78 is 5.44. The van der Waals surface area contributed by atoms with E-state index < -0.39 is 17.9 Å². The van der Waals surface area contributed by atoms with Gasteiger partial charge in [-0.3, -0.25) is 0 Å². The van der Waals surface area contributed by atoms with Gasteiger partial charge in [-0.25, -0.2) is 0 Å². The topological polar surface area (TPSA) is 130 Å². The Morgan fingerprint density at radius 3 is 1.17 bits per heavy atom. The zero-order chi connectivity index (χ0) is 19.3. The molecule has 0 amide bonds. The third-order valence-corrected chi connectivity index (χ3v) is 2.88. The molecule has 0 fully saturated rings. The van der Waals surface area contributed by atoms with Crippen LogP contribution >= 0.6 is 0 Å².